The van der Waals surface area contributed by atoms with Crippen LogP contribution >= 0.6 is 15.9 Å². The van der Waals surface area contributed by atoms with E-state index in [1.54, 1.807) is 30.3 Å². The zero-order chi connectivity index (χ0) is 15.9. The Morgan fingerprint density at radius 3 is 2.59 bits per heavy atom. The molecular weight excluding hydrogens is 344 g/mol. The monoisotopic (exact) mass is 362 g/mol. The van der Waals surface area contributed by atoms with Gasteiger partial charge in [-0.25, -0.2) is 0 Å². The molecule has 116 valence electrons. The quantitative estimate of drug-likeness (QED) is 0.588. The Morgan fingerprint density at radius 1 is 1.23 bits per heavy atom. The van der Waals surface area contributed by atoms with Gasteiger partial charge in [-0.05, 0) is 64.8 Å². The van der Waals surface area contributed by atoms with Gasteiger partial charge in [0.25, 0.3) is 5.91 Å². The maximum Gasteiger partial charge on any atom is 0.255 e. The molecule has 2 aromatic carbocycles. The Labute approximate surface area is 138 Å². The first-order valence-electron chi connectivity index (χ1n) is 7.19. The van der Waals surface area contributed by atoms with Crippen molar-refractivity contribution < 1.29 is 9.53 Å². The summed E-state index contributed by atoms with van der Waals surface area (Å²) in [5, 5.41) is 2.84. The van der Waals surface area contributed by atoms with Crippen LogP contribution in [-0.2, 0) is 0 Å². The van der Waals surface area contributed by atoms with Crippen LogP contribution in [0.15, 0.2) is 46.9 Å². The van der Waals surface area contributed by atoms with Gasteiger partial charge in [0, 0.05) is 15.7 Å². The number of hydrogen-bond donors (Lipinski definition) is 2. The van der Waals surface area contributed by atoms with Crippen LogP contribution in [0.4, 0.5) is 11.4 Å². The number of benzene rings is 2. The van der Waals surface area contributed by atoms with E-state index in [2.05, 4.69) is 28.2 Å². The van der Waals surface area contributed by atoms with Gasteiger partial charge >= 0.3 is 0 Å². The van der Waals surface area contributed by atoms with Crippen molar-refractivity contribution in [3.63, 3.8) is 0 Å². The predicted molar refractivity (Wildman–Crippen MR) is 93.4 cm³/mol. The lowest BCUT2D eigenvalue weighted by Gasteiger charge is -2.09. The molecule has 0 atom stereocenters. The lowest BCUT2D eigenvalue weighted by molar-refractivity contribution is 0.102. The van der Waals surface area contributed by atoms with Gasteiger partial charge in [-0.15, -0.1) is 0 Å². The highest BCUT2D eigenvalue weighted by atomic mass is 79.9. The van der Waals surface area contributed by atoms with Gasteiger partial charge in [0.15, 0.2) is 0 Å². The minimum Gasteiger partial charge on any atom is -0.494 e. The van der Waals surface area contributed by atoms with E-state index < -0.39 is 0 Å². The van der Waals surface area contributed by atoms with Crippen molar-refractivity contribution in [2.75, 3.05) is 17.7 Å². The number of amides is 1. The van der Waals surface area contributed by atoms with E-state index in [0.29, 0.717) is 23.5 Å². The fourth-order valence-corrected chi connectivity index (χ4v) is 2.36. The molecule has 22 heavy (non-hydrogen) atoms. The molecule has 0 aliphatic carbocycles. The normalized spacial score (nSPS) is 10.3. The molecule has 0 fully saturated rings. The summed E-state index contributed by atoms with van der Waals surface area (Å²) < 4.78 is 6.33. The van der Waals surface area contributed by atoms with E-state index in [9.17, 15) is 4.79 Å². The average Bonchev–Trinajstić information content (AvgIpc) is 2.51. The van der Waals surface area contributed by atoms with E-state index in [0.717, 1.165) is 23.1 Å². The van der Waals surface area contributed by atoms with Gasteiger partial charge in [0.2, 0.25) is 0 Å². The second kappa shape index (κ2) is 7.84. The Kier molecular flexibility index (Phi) is 5.83. The third-order valence-corrected chi connectivity index (χ3v) is 3.78. The molecule has 0 heterocycles. The Balaban J connectivity index is 2.00. The third-order valence-electron chi connectivity index (χ3n) is 3.12. The van der Waals surface area contributed by atoms with E-state index in [1.165, 1.54) is 0 Å². The molecule has 0 aromatic heterocycles. The Morgan fingerprint density at radius 2 is 1.95 bits per heavy atom. The second-order valence-electron chi connectivity index (χ2n) is 4.92. The summed E-state index contributed by atoms with van der Waals surface area (Å²) in [5.41, 5.74) is 7.58. The molecule has 0 saturated heterocycles. The van der Waals surface area contributed by atoms with E-state index in [1.807, 2.05) is 12.1 Å². The van der Waals surface area contributed by atoms with Crippen LogP contribution in [0.5, 0.6) is 5.75 Å². The van der Waals surface area contributed by atoms with Crippen LogP contribution < -0.4 is 15.8 Å². The highest BCUT2D eigenvalue weighted by Crippen LogP contribution is 2.25. The molecule has 0 aliphatic heterocycles. The fraction of sp³-hybridized carbons (Fsp3) is 0.235. The number of hydrogen-bond acceptors (Lipinski definition) is 3. The molecule has 0 aliphatic rings. The first-order valence-corrected chi connectivity index (χ1v) is 7.98. The van der Waals surface area contributed by atoms with Crippen LogP contribution in [0.3, 0.4) is 0 Å². The molecular formula is C17H19BrN2O2. The van der Waals surface area contributed by atoms with Crippen LogP contribution in [0.25, 0.3) is 0 Å². The minimum absolute atomic E-state index is 0.175. The molecule has 2 rings (SSSR count). The van der Waals surface area contributed by atoms with Crippen molar-refractivity contribution in [1.29, 1.82) is 0 Å². The topological polar surface area (TPSA) is 64.3 Å². The standard InChI is InChI=1S/C17H19BrN2O2/c1-2-3-10-22-14-7-4-12(5-8-14)17(21)20-16-9-6-13(19)11-15(16)18/h4-9,11H,2-3,10,19H2,1H3,(H,20,21). The Hall–Kier alpha value is -2.01. The number of rotatable bonds is 6. The van der Waals surface area contributed by atoms with Gasteiger partial charge in [-0.1, -0.05) is 13.3 Å². The minimum atomic E-state index is -0.175. The van der Waals surface area contributed by atoms with Crippen molar-refractivity contribution >= 4 is 33.2 Å². The molecule has 0 unspecified atom stereocenters. The van der Waals surface area contributed by atoms with Crippen molar-refractivity contribution in [2.24, 2.45) is 0 Å². The maximum absolute atomic E-state index is 12.2. The lowest BCUT2D eigenvalue weighted by Crippen LogP contribution is -2.12. The molecule has 0 bridgehead atoms. The van der Waals surface area contributed by atoms with Gasteiger partial charge < -0.3 is 15.8 Å². The highest BCUT2D eigenvalue weighted by molar-refractivity contribution is 9.10. The number of nitrogen functional groups attached to an aromatic ring is 1. The lowest BCUT2D eigenvalue weighted by atomic mass is 10.2. The molecule has 0 spiro atoms. The van der Waals surface area contributed by atoms with Crippen LogP contribution in [0.2, 0.25) is 0 Å². The summed E-state index contributed by atoms with van der Waals surface area (Å²) in [6, 6.07) is 12.4. The molecule has 1 amide bonds. The summed E-state index contributed by atoms with van der Waals surface area (Å²) >= 11 is 3.38. The first-order chi connectivity index (χ1) is 10.6. The summed E-state index contributed by atoms with van der Waals surface area (Å²) in [7, 11) is 0. The van der Waals surface area contributed by atoms with Crippen molar-refractivity contribution in [3.8, 4) is 5.75 Å². The van der Waals surface area contributed by atoms with E-state index in [4.69, 9.17) is 10.5 Å². The summed E-state index contributed by atoms with van der Waals surface area (Å²) in [4.78, 5) is 12.2. The summed E-state index contributed by atoms with van der Waals surface area (Å²) in [6.45, 7) is 2.81. The van der Waals surface area contributed by atoms with Crippen molar-refractivity contribution in [2.45, 2.75) is 19.8 Å². The van der Waals surface area contributed by atoms with Crippen molar-refractivity contribution in [3.05, 3.63) is 52.5 Å². The van der Waals surface area contributed by atoms with Gasteiger partial charge in [0.1, 0.15) is 5.75 Å². The molecule has 0 saturated carbocycles. The molecule has 4 nitrogen and oxygen atoms in total. The van der Waals surface area contributed by atoms with E-state index >= 15 is 0 Å². The zero-order valence-electron chi connectivity index (χ0n) is 12.4. The molecule has 0 radical (unpaired) electrons. The van der Waals surface area contributed by atoms with Crippen LogP contribution in [-0.4, -0.2) is 12.5 Å². The number of unbranched alkanes of at least 4 members (excludes halogenated alkanes) is 1. The molecule has 3 N–H and O–H groups in total. The third kappa shape index (κ3) is 4.49. The van der Waals surface area contributed by atoms with Crippen LogP contribution in [0.1, 0.15) is 30.1 Å². The van der Waals surface area contributed by atoms with Crippen molar-refractivity contribution in [1.82, 2.24) is 0 Å². The number of carbonyl (C=O) groups is 1. The SMILES string of the molecule is CCCCOc1ccc(C(=O)Nc2ccc(N)cc2Br)cc1. The number of nitrogens with one attached hydrogen (secondary N) is 1. The number of anilines is 2. The number of nitrogens with two attached hydrogens (primary N) is 1. The smallest absolute Gasteiger partial charge is 0.255 e. The largest absolute Gasteiger partial charge is 0.494 e. The summed E-state index contributed by atoms with van der Waals surface area (Å²) in [5.74, 6) is 0.601. The molecule has 5 heteroatoms. The number of carbonyl (C=O) groups excluding carboxylic acids is 1. The highest BCUT2D eigenvalue weighted by Gasteiger charge is 2.08. The number of halogens is 1. The fourth-order valence-electron chi connectivity index (χ4n) is 1.86. The van der Waals surface area contributed by atoms with Crippen LogP contribution in [0, 0.1) is 0 Å². The summed E-state index contributed by atoms with van der Waals surface area (Å²) in [6.07, 6.45) is 2.12. The zero-order valence-corrected chi connectivity index (χ0v) is 14.0. The van der Waals surface area contributed by atoms with Gasteiger partial charge in [-0.3, -0.25) is 4.79 Å². The average molecular weight is 363 g/mol. The second-order valence-corrected chi connectivity index (χ2v) is 5.77. The van der Waals surface area contributed by atoms with Gasteiger partial charge in [0.05, 0.1) is 12.3 Å². The number of ether oxygens (including phenoxy) is 1. The Bertz CT molecular complexity index is 642. The maximum atomic E-state index is 12.2. The molecule has 2 aromatic rings. The van der Waals surface area contributed by atoms with Gasteiger partial charge in [-0.2, -0.15) is 0 Å². The van der Waals surface area contributed by atoms with E-state index in [-0.39, 0.29) is 5.91 Å². The predicted octanol–water partition coefficient (Wildman–Crippen LogP) is 4.46. The first kappa shape index (κ1) is 16.4.